The van der Waals surface area contributed by atoms with E-state index in [1.165, 1.54) is 12.0 Å². The fraction of sp³-hybridized carbons (Fsp3) is 0.533. The van der Waals surface area contributed by atoms with Crippen LogP contribution in [-0.2, 0) is 6.42 Å². The molecule has 0 saturated carbocycles. The van der Waals surface area contributed by atoms with E-state index in [2.05, 4.69) is 35.4 Å². The van der Waals surface area contributed by atoms with Gasteiger partial charge in [0.15, 0.2) is 0 Å². The maximum atomic E-state index is 5.69. The zero-order chi connectivity index (χ0) is 14.2. The summed E-state index contributed by atoms with van der Waals surface area (Å²) in [6.45, 7) is 4.99. The number of benzene rings is 1. The summed E-state index contributed by atoms with van der Waals surface area (Å²) in [6.07, 6.45) is 5.46. The van der Waals surface area contributed by atoms with Gasteiger partial charge >= 0.3 is 6.01 Å². The van der Waals surface area contributed by atoms with E-state index >= 15 is 0 Å². The molecule has 108 valence electrons. The standard InChI is InChI=1S/C15H22N4O/c1-3-5-8-12-20-15-16-17-18-19(15)14-11-7-6-10-13(14)9-4-2/h6-7,10-11H,3-5,8-9,12H2,1-2H3. The van der Waals surface area contributed by atoms with Crippen LogP contribution in [0.2, 0.25) is 0 Å². The van der Waals surface area contributed by atoms with Gasteiger partial charge < -0.3 is 4.74 Å². The topological polar surface area (TPSA) is 52.8 Å². The number of tetrazole rings is 1. The molecule has 0 aliphatic carbocycles. The van der Waals surface area contributed by atoms with Crippen LogP contribution in [-0.4, -0.2) is 26.8 Å². The first-order valence-corrected chi connectivity index (χ1v) is 7.36. The fourth-order valence-electron chi connectivity index (χ4n) is 2.13. The van der Waals surface area contributed by atoms with Crippen molar-refractivity contribution in [3.8, 4) is 11.7 Å². The van der Waals surface area contributed by atoms with Crippen LogP contribution >= 0.6 is 0 Å². The first-order valence-electron chi connectivity index (χ1n) is 7.36. The van der Waals surface area contributed by atoms with Gasteiger partial charge in [-0.15, -0.1) is 0 Å². The Bertz CT molecular complexity index is 524. The number of hydrogen-bond acceptors (Lipinski definition) is 4. The lowest BCUT2D eigenvalue weighted by Crippen LogP contribution is -2.07. The molecule has 1 heterocycles. The maximum absolute atomic E-state index is 5.69. The second-order valence-corrected chi connectivity index (χ2v) is 4.81. The van der Waals surface area contributed by atoms with Gasteiger partial charge in [0.05, 0.1) is 12.3 Å². The van der Waals surface area contributed by atoms with Crippen molar-refractivity contribution >= 4 is 0 Å². The third kappa shape index (κ3) is 3.56. The Kier molecular flexibility index (Phi) is 5.53. The molecule has 5 heteroatoms. The van der Waals surface area contributed by atoms with E-state index in [1.807, 2.05) is 18.2 Å². The Morgan fingerprint density at radius 2 is 1.95 bits per heavy atom. The Morgan fingerprint density at radius 1 is 1.10 bits per heavy atom. The average Bonchev–Trinajstić information content (AvgIpc) is 2.93. The SMILES string of the molecule is CCCCCOc1nnnn1-c1ccccc1CCC. The molecule has 0 N–H and O–H groups in total. The molecule has 0 amide bonds. The lowest BCUT2D eigenvalue weighted by molar-refractivity contribution is 0.275. The van der Waals surface area contributed by atoms with E-state index in [1.54, 1.807) is 4.68 Å². The molecule has 0 radical (unpaired) electrons. The van der Waals surface area contributed by atoms with Crippen LogP contribution in [0.1, 0.15) is 45.1 Å². The number of rotatable bonds is 8. The maximum Gasteiger partial charge on any atom is 0.340 e. The minimum absolute atomic E-state index is 0.477. The normalized spacial score (nSPS) is 10.7. The van der Waals surface area contributed by atoms with E-state index in [0.717, 1.165) is 31.4 Å². The van der Waals surface area contributed by atoms with Crippen molar-refractivity contribution in [2.45, 2.75) is 46.0 Å². The van der Waals surface area contributed by atoms with Crippen LogP contribution in [0.15, 0.2) is 24.3 Å². The van der Waals surface area contributed by atoms with Crippen LogP contribution in [0.25, 0.3) is 5.69 Å². The highest BCUT2D eigenvalue weighted by molar-refractivity contribution is 5.41. The van der Waals surface area contributed by atoms with Gasteiger partial charge in [-0.05, 0) is 34.9 Å². The van der Waals surface area contributed by atoms with E-state index in [9.17, 15) is 0 Å². The lowest BCUT2D eigenvalue weighted by Gasteiger charge is -2.10. The van der Waals surface area contributed by atoms with Crippen LogP contribution in [0.3, 0.4) is 0 Å². The van der Waals surface area contributed by atoms with Crippen molar-refractivity contribution in [3.05, 3.63) is 29.8 Å². The summed E-state index contributed by atoms with van der Waals surface area (Å²) in [4.78, 5) is 0. The zero-order valence-electron chi connectivity index (χ0n) is 12.2. The van der Waals surface area contributed by atoms with Crippen molar-refractivity contribution in [2.75, 3.05) is 6.61 Å². The predicted molar refractivity (Wildman–Crippen MR) is 78.2 cm³/mol. The molecule has 0 atom stereocenters. The largest absolute Gasteiger partial charge is 0.462 e. The van der Waals surface area contributed by atoms with E-state index in [-0.39, 0.29) is 0 Å². The fourth-order valence-corrected chi connectivity index (χ4v) is 2.13. The Morgan fingerprint density at radius 3 is 2.75 bits per heavy atom. The number of aromatic nitrogens is 4. The number of ether oxygens (including phenoxy) is 1. The van der Waals surface area contributed by atoms with Gasteiger partial charge in [0.25, 0.3) is 0 Å². The number of hydrogen-bond donors (Lipinski definition) is 0. The molecule has 2 rings (SSSR count). The minimum Gasteiger partial charge on any atom is -0.462 e. The Hall–Kier alpha value is -1.91. The zero-order valence-corrected chi connectivity index (χ0v) is 12.2. The molecule has 0 fully saturated rings. The highest BCUT2D eigenvalue weighted by Gasteiger charge is 2.12. The first kappa shape index (κ1) is 14.5. The third-order valence-corrected chi connectivity index (χ3v) is 3.16. The van der Waals surface area contributed by atoms with Gasteiger partial charge in [-0.3, -0.25) is 0 Å². The molecule has 0 bridgehead atoms. The van der Waals surface area contributed by atoms with Gasteiger partial charge in [0, 0.05) is 0 Å². The Balaban J connectivity index is 2.15. The molecule has 1 aromatic carbocycles. The predicted octanol–water partition coefficient (Wildman–Crippen LogP) is 3.18. The smallest absolute Gasteiger partial charge is 0.340 e. The number of unbranched alkanes of at least 4 members (excludes halogenated alkanes) is 2. The molecule has 20 heavy (non-hydrogen) atoms. The summed E-state index contributed by atoms with van der Waals surface area (Å²) in [7, 11) is 0. The van der Waals surface area contributed by atoms with Crippen molar-refractivity contribution in [1.82, 2.24) is 20.2 Å². The summed E-state index contributed by atoms with van der Waals surface area (Å²) in [5, 5.41) is 11.8. The summed E-state index contributed by atoms with van der Waals surface area (Å²) in [6, 6.07) is 8.66. The molecular formula is C15H22N4O. The lowest BCUT2D eigenvalue weighted by atomic mass is 10.1. The van der Waals surface area contributed by atoms with Crippen LogP contribution in [0.4, 0.5) is 0 Å². The van der Waals surface area contributed by atoms with E-state index in [4.69, 9.17) is 4.74 Å². The van der Waals surface area contributed by atoms with Crippen molar-refractivity contribution in [2.24, 2.45) is 0 Å². The number of nitrogens with zero attached hydrogens (tertiary/aromatic N) is 4. The monoisotopic (exact) mass is 274 g/mol. The van der Waals surface area contributed by atoms with Gasteiger partial charge in [0.2, 0.25) is 0 Å². The highest BCUT2D eigenvalue weighted by atomic mass is 16.5. The van der Waals surface area contributed by atoms with Gasteiger partial charge in [-0.25, -0.2) is 0 Å². The number of aryl methyl sites for hydroxylation is 1. The second kappa shape index (κ2) is 7.62. The van der Waals surface area contributed by atoms with E-state index < -0.39 is 0 Å². The second-order valence-electron chi connectivity index (χ2n) is 4.81. The van der Waals surface area contributed by atoms with Gasteiger partial charge in [-0.2, -0.15) is 4.68 Å². The molecule has 0 unspecified atom stereocenters. The third-order valence-electron chi connectivity index (χ3n) is 3.16. The van der Waals surface area contributed by atoms with Crippen LogP contribution in [0, 0.1) is 0 Å². The first-order chi connectivity index (χ1) is 9.86. The molecule has 0 aliphatic heterocycles. The minimum atomic E-state index is 0.477. The van der Waals surface area contributed by atoms with Crippen molar-refractivity contribution in [3.63, 3.8) is 0 Å². The summed E-state index contributed by atoms with van der Waals surface area (Å²) in [5.74, 6) is 0. The summed E-state index contributed by atoms with van der Waals surface area (Å²) >= 11 is 0. The highest BCUT2D eigenvalue weighted by Crippen LogP contribution is 2.19. The molecule has 5 nitrogen and oxygen atoms in total. The van der Waals surface area contributed by atoms with Gasteiger partial charge in [0.1, 0.15) is 0 Å². The van der Waals surface area contributed by atoms with Crippen molar-refractivity contribution in [1.29, 1.82) is 0 Å². The van der Waals surface area contributed by atoms with Crippen LogP contribution in [0.5, 0.6) is 6.01 Å². The molecule has 1 aromatic heterocycles. The molecular weight excluding hydrogens is 252 g/mol. The van der Waals surface area contributed by atoms with E-state index in [0.29, 0.717) is 12.6 Å². The van der Waals surface area contributed by atoms with Crippen molar-refractivity contribution < 1.29 is 4.74 Å². The number of para-hydroxylation sites is 1. The molecule has 0 aliphatic rings. The summed E-state index contributed by atoms with van der Waals surface area (Å²) < 4.78 is 7.39. The van der Waals surface area contributed by atoms with Crippen LogP contribution < -0.4 is 4.74 Å². The molecule has 0 saturated heterocycles. The molecule has 2 aromatic rings. The molecule has 0 spiro atoms. The Labute approximate surface area is 120 Å². The quantitative estimate of drug-likeness (QED) is 0.694. The van der Waals surface area contributed by atoms with Gasteiger partial charge in [-0.1, -0.05) is 56.4 Å². The summed E-state index contributed by atoms with van der Waals surface area (Å²) in [5.41, 5.74) is 2.24. The average molecular weight is 274 g/mol.